The van der Waals surface area contributed by atoms with Gasteiger partial charge in [-0.3, -0.25) is 14.9 Å². The lowest BCUT2D eigenvalue weighted by molar-refractivity contribution is -0.385. The summed E-state index contributed by atoms with van der Waals surface area (Å²) in [6, 6.07) is 2.72. The molecule has 0 unspecified atom stereocenters. The fourth-order valence-corrected chi connectivity index (χ4v) is 1.99. The van der Waals surface area contributed by atoms with Crippen LogP contribution in [0.1, 0.15) is 23.2 Å². The standard InChI is InChI=1S/C12H11NO5/c14-12(7-1-2-7)8-5-10-11(18-4-3-17-10)6-9(8)13(15)16/h5-7H,1-4H2. The van der Waals surface area contributed by atoms with E-state index in [2.05, 4.69) is 0 Å². The molecule has 3 rings (SSSR count). The lowest BCUT2D eigenvalue weighted by atomic mass is 10.0. The summed E-state index contributed by atoms with van der Waals surface area (Å²) in [6.45, 7) is 0.752. The van der Waals surface area contributed by atoms with E-state index in [0.717, 1.165) is 12.8 Å². The lowest BCUT2D eigenvalue weighted by Crippen LogP contribution is -2.17. The first-order valence-corrected chi connectivity index (χ1v) is 5.79. The summed E-state index contributed by atoms with van der Waals surface area (Å²) in [4.78, 5) is 22.5. The number of hydrogen-bond acceptors (Lipinski definition) is 5. The number of nitro benzene ring substituents is 1. The number of benzene rings is 1. The van der Waals surface area contributed by atoms with Crippen molar-refractivity contribution in [2.75, 3.05) is 13.2 Å². The number of ether oxygens (including phenoxy) is 2. The summed E-state index contributed by atoms with van der Waals surface area (Å²) < 4.78 is 10.6. The molecule has 94 valence electrons. The van der Waals surface area contributed by atoms with Crippen molar-refractivity contribution in [1.29, 1.82) is 0 Å². The van der Waals surface area contributed by atoms with Crippen LogP contribution in [0.25, 0.3) is 0 Å². The highest BCUT2D eigenvalue weighted by Crippen LogP contribution is 2.40. The molecule has 1 aromatic carbocycles. The van der Waals surface area contributed by atoms with E-state index >= 15 is 0 Å². The summed E-state index contributed by atoms with van der Waals surface area (Å²) in [5.74, 6) is 0.515. The van der Waals surface area contributed by atoms with Gasteiger partial charge in [-0.15, -0.1) is 0 Å². The number of nitro groups is 1. The highest BCUT2D eigenvalue weighted by atomic mass is 16.6. The van der Waals surface area contributed by atoms with E-state index in [1.807, 2.05) is 0 Å². The van der Waals surface area contributed by atoms with Crippen LogP contribution in [0.3, 0.4) is 0 Å². The molecule has 1 aromatic rings. The SMILES string of the molecule is O=C(c1cc2c(cc1[N+](=O)[O-])OCCO2)C1CC1. The zero-order valence-electron chi connectivity index (χ0n) is 9.55. The van der Waals surface area contributed by atoms with Crippen molar-refractivity contribution < 1.29 is 19.2 Å². The van der Waals surface area contributed by atoms with Gasteiger partial charge in [-0.25, -0.2) is 0 Å². The molecule has 18 heavy (non-hydrogen) atoms. The van der Waals surface area contributed by atoms with Crippen LogP contribution in [0.2, 0.25) is 0 Å². The predicted octanol–water partition coefficient (Wildman–Crippen LogP) is 1.96. The number of rotatable bonds is 3. The zero-order chi connectivity index (χ0) is 12.7. The van der Waals surface area contributed by atoms with Gasteiger partial charge >= 0.3 is 0 Å². The predicted molar refractivity (Wildman–Crippen MR) is 61.1 cm³/mol. The summed E-state index contributed by atoms with van der Waals surface area (Å²) >= 11 is 0. The molecule has 0 N–H and O–H groups in total. The third-order valence-corrected chi connectivity index (χ3v) is 3.07. The number of Topliss-reactive ketones (excluding diaryl/α,β-unsaturated/α-hetero) is 1. The molecule has 0 saturated heterocycles. The highest BCUT2D eigenvalue weighted by molar-refractivity contribution is 6.03. The van der Waals surface area contributed by atoms with Crippen molar-refractivity contribution in [3.63, 3.8) is 0 Å². The van der Waals surface area contributed by atoms with Gasteiger partial charge in [0, 0.05) is 12.0 Å². The normalized spacial score (nSPS) is 17.3. The molecule has 0 amide bonds. The fourth-order valence-electron chi connectivity index (χ4n) is 1.99. The van der Waals surface area contributed by atoms with E-state index in [0.29, 0.717) is 24.7 Å². The Morgan fingerprint density at radius 1 is 1.22 bits per heavy atom. The molecule has 1 fully saturated rings. The van der Waals surface area contributed by atoms with Gasteiger partial charge in [0.2, 0.25) is 0 Å². The average molecular weight is 249 g/mol. The Hall–Kier alpha value is -2.11. The van der Waals surface area contributed by atoms with Gasteiger partial charge in [0.25, 0.3) is 5.69 Å². The Labute approximate surface area is 103 Å². The molecular weight excluding hydrogens is 238 g/mol. The fraction of sp³-hybridized carbons (Fsp3) is 0.417. The maximum Gasteiger partial charge on any atom is 0.284 e. The molecule has 1 aliphatic carbocycles. The number of nitrogens with zero attached hydrogens (tertiary/aromatic N) is 1. The molecule has 6 nitrogen and oxygen atoms in total. The molecule has 2 aliphatic rings. The molecular formula is C12H11NO5. The molecule has 0 bridgehead atoms. The minimum atomic E-state index is -0.548. The van der Waals surface area contributed by atoms with Gasteiger partial charge in [-0.05, 0) is 12.8 Å². The minimum Gasteiger partial charge on any atom is -0.486 e. The van der Waals surface area contributed by atoms with Crippen molar-refractivity contribution in [3.8, 4) is 11.5 Å². The van der Waals surface area contributed by atoms with E-state index in [1.54, 1.807) is 0 Å². The van der Waals surface area contributed by atoms with Crippen molar-refractivity contribution in [1.82, 2.24) is 0 Å². The summed E-state index contributed by atoms with van der Waals surface area (Å²) in [6.07, 6.45) is 1.62. The number of carbonyl (C=O) groups is 1. The van der Waals surface area contributed by atoms with Crippen LogP contribution in [-0.4, -0.2) is 23.9 Å². The Kier molecular flexibility index (Phi) is 2.43. The largest absolute Gasteiger partial charge is 0.486 e. The van der Waals surface area contributed by atoms with Crippen molar-refractivity contribution in [3.05, 3.63) is 27.8 Å². The van der Waals surface area contributed by atoms with E-state index < -0.39 is 4.92 Å². The van der Waals surface area contributed by atoms with E-state index in [9.17, 15) is 14.9 Å². The molecule has 0 aromatic heterocycles. The van der Waals surface area contributed by atoms with E-state index in [4.69, 9.17) is 9.47 Å². The van der Waals surface area contributed by atoms with Gasteiger partial charge < -0.3 is 9.47 Å². The molecule has 0 spiro atoms. The summed E-state index contributed by atoms with van der Waals surface area (Å²) in [7, 11) is 0. The minimum absolute atomic E-state index is 0.0636. The first-order valence-electron chi connectivity index (χ1n) is 5.79. The van der Waals surface area contributed by atoms with Gasteiger partial charge in [0.05, 0.1) is 16.6 Å². The van der Waals surface area contributed by atoms with Crippen LogP contribution in [-0.2, 0) is 0 Å². The lowest BCUT2D eigenvalue weighted by Gasteiger charge is -2.18. The number of hydrogen-bond donors (Lipinski definition) is 0. The smallest absolute Gasteiger partial charge is 0.284 e. The van der Waals surface area contributed by atoms with Crippen LogP contribution in [0, 0.1) is 16.0 Å². The van der Waals surface area contributed by atoms with Crippen LogP contribution in [0.4, 0.5) is 5.69 Å². The third kappa shape index (κ3) is 1.79. The van der Waals surface area contributed by atoms with E-state index in [1.165, 1.54) is 12.1 Å². The zero-order valence-corrected chi connectivity index (χ0v) is 9.55. The highest BCUT2D eigenvalue weighted by Gasteiger charge is 2.35. The number of carbonyl (C=O) groups excluding carboxylic acids is 1. The average Bonchev–Trinajstić information content (AvgIpc) is 3.20. The third-order valence-electron chi connectivity index (χ3n) is 3.07. The topological polar surface area (TPSA) is 78.7 Å². The Bertz CT molecular complexity index is 536. The Balaban J connectivity index is 2.09. The molecule has 1 saturated carbocycles. The van der Waals surface area contributed by atoms with Gasteiger partial charge in [0.1, 0.15) is 13.2 Å². The Morgan fingerprint density at radius 3 is 2.39 bits per heavy atom. The molecule has 0 radical (unpaired) electrons. The Morgan fingerprint density at radius 2 is 1.83 bits per heavy atom. The second-order valence-corrected chi connectivity index (χ2v) is 4.41. The van der Waals surface area contributed by atoms with Gasteiger partial charge in [-0.1, -0.05) is 0 Å². The number of fused-ring (bicyclic) bond motifs is 1. The maximum atomic E-state index is 12.0. The summed E-state index contributed by atoms with van der Waals surface area (Å²) in [5.41, 5.74) is -0.0668. The van der Waals surface area contributed by atoms with Crippen molar-refractivity contribution in [2.45, 2.75) is 12.8 Å². The van der Waals surface area contributed by atoms with Crippen molar-refractivity contribution in [2.24, 2.45) is 5.92 Å². The van der Waals surface area contributed by atoms with Crippen LogP contribution >= 0.6 is 0 Å². The number of ketones is 1. The molecule has 1 aliphatic heterocycles. The van der Waals surface area contributed by atoms with E-state index in [-0.39, 0.29) is 23.0 Å². The summed E-state index contributed by atoms with van der Waals surface area (Å²) in [5, 5.41) is 11.0. The van der Waals surface area contributed by atoms with Crippen LogP contribution in [0.15, 0.2) is 12.1 Å². The second kappa shape index (κ2) is 3.97. The van der Waals surface area contributed by atoms with Crippen LogP contribution in [0.5, 0.6) is 11.5 Å². The van der Waals surface area contributed by atoms with Crippen molar-refractivity contribution >= 4 is 11.5 Å². The second-order valence-electron chi connectivity index (χ2n) is 4.41. The molecule has 0 atom stereocenters. The van der Waals surface area contributed by atoms with Gasteiger partial charge in [-0.2, -0.15) is 0 Å². The first-order chi connectivity index (χ1) is 8.66. The van der Waals surface area contributed by atoms with Crippen LogP contribution < -0.4 is 9.47 Å². The monoisotopic (exact) mass is 249 g/mol. The first kappa shape index (κ1) is 11.0. The maximum absolute atomic E-state index is 12.0. The van der Waals surface area contributed by atoms with Gasteiger partial charge in [0.15, 0.2) is 17.3 Å². The molecule has 1 heterocycles. The molecule has 6 heteroatoms. The quantitative estimate of drug-likeness (QED) is 0.464.